The molecule has 2 aliphatic heterocycles. The second-order valence-electron chi connectivity index (χ2n) is 9.39. The summed E-state index contributed by atoms with van der Waals surface area (Å²) in [5.41, 5.74) is 6.10. The van der Waals surface area contributed by atoms with E-state index in [1.165, 1.54) is 11.1 Å². The summed E-state index contributed by atoms with van der Waals surface area (Å²) in [5, 5.41) is 0. The van der Waals surface area contributed by atoms with Gasteiger partial charge in [0.1, 0.15) is 0 Å². The van der Waals surface area contributed by atoms with Gasteiger partial charge in [-0.05, 0) is 92.5 Å². The van der Waals surface area contributed by atoms with Crippen LogP contribution >= 0.6 is 0 Å². The zero-order chi connectivity index (χ0) is 23.1. The number of para-hydroxylation sites is 1. The van der Waals surface area contributed by atoms with E-state index in [9.17, 15) is 4.79 Å². The van der Waals surface area contributed by atoms with Crippen LogP contribution < -0.4 is 4.90 Å². The molecule has 0 aliphatic carbocycles. The van der Waals surface area contributed by atoms with Crippen molar-refractivity contribution in [3.8, 4) is 5.69 Å². The number of carbonyl (C=O) groups is 1. The lowest BCUT2D eigenvalue weighted by molar-refractivity contribution is -0.124. The summed E-state index contributed by atoms with van der Waals surface area (Å²) in [7, 11) is 0. The molecule has 2 aliphatic rings. The topological polar surface area (TPSA) is 41.4 Å². The van der Waals surface area contributed by atoms with Gasteiger partial charge in [-0.1, -0.05) is 24.3 Å². The molecule has 0 bridgehead atoms. The molecule has 0 N–H and O–H groups in total. The Morgan fingerprint density at radius 2 is 1.56 bits per heavy atom. The van der Waals surface area contributed by atoms with Gasteiger partial charge in [-0.25, -0.2) is 0 Å². The van der Waals surface area contributed by atoms with Crippen molar-refractivity contribution >= 4 is 17.3 Å². The van der Waals surface area contributed by atoms with Gasteiger partial charge in [-0.3, -0.25) is 19.6 Å². The average molecular weight is 449 g/mol. The lowest BCUT2D eigenvalue weighted by atomic mass is 9.73. The highest BCUT2D eigenvalue weighted by atomic mass is 16.2. The molecule has 5 nitrogen and oxygen atoms in total. The summed E-state index contributed by atoms with van der Waals surface area (Å²) in [4.78, 5) is 23.0. The molecule has 4 heterocycles. The number of benzene rings is 2. The lowest BCUT2D eigenvalue weighted by Crippen LogP contribution is -2.47. The molecule has 4 aromatic rings. The molecule has 1 amide bonds. The van der Waals surface area contributed by atoms with E-state index in [4.69, 9.17) is 0 Å². The summed E-state index contributed by atoms with van der Waals surface area (Å²) in [6.07, 6.45) is 7.57. The molecule has 1 spiro atoms. The molecule has 2 aromatic carbocycles. The zero-order valence-corrected chi connectivity index (χ0v) is 19.4. The van der Waals surface area contributed by atoms with Crippen molar-refractivity contribution in [2.45, 2.75) is 31.7 Å². The molecule has 5 heteroatoms. The molecule has 170 valence electrons. The second kappa shape index (κ2) is 8.26. The Balaban J connectivity index is 1.27. The van der Waals surface area contributed by atoms with Gasteiger partial charge in [-0.2, -0.15) is 0 Å². The molecule has 1 fully saturated rings. The van der Waals surface area contributed by atoms with Crippen LogP contribution in [-0.4, -0.2) is 33.4 Å². The number of hydrogen-bond donors (Lipinski definition) is 0. The van der Waals surface area contributed by atoms with Crippen LogP contribution in [-0.2, 0) is 16.8 Å². The Bertz CT molecular complexity index is 1320. The number of rotatable bonds is 4. The predicted molar refractivity (Wildman–Crippen MR) is 135 cm³/mol. The van der Waals surface area contributed by atoms with E-state index < -0.39 is 5.41 Å². The number of fused-ring (bicyclic) bond motifs is 2. The number of aryl methyl sites for hydroxylation is 1. The minimum absolute atomic E-state index is 0.205. The van der Waals surface area contributed by atoms with E-state index in [0.29, 0.717) is 0 Å². The van der Waals surface area contributed by atoms with Gasteiger partial charge in [0.2, 0.25) is 5.91 Å². The summed E-state index contributed by atoms with van der Waals surface area (Å²) in [5.74, 6) is 0.205. The SMILES string of the molecule is Cc1cccnc1CN1CCC2(CC1)C(=O)N(c1ccc(-n3cccc3)cc1)c1ccccc12. The molecule has 0 saturated carbocycles. The fourth-order valence-corrected chi connectivity index (χ4v) is 5.52. The molecule has 0 unspecified atom stereocenters. The van der Waals surface area contributed by atoms with Gasteiger partial charge in [-0.15, -0.1) is 0 Å². The Labute approximate surface area is 200 Å². The van der Waals surface area contributed by atoms with Crippen molar-refractivity contribution in [2.24, 2.45) is 0 Å². The van der Waals surface area contributed by atoms with Crippen LogP contribution in [0.5, 0.6) is 0 Å². The van der Waals surface area contributed by atoms with E-state index in [1.807, 2.05) is 47.8 Å². The number of aromatic nitrogens is 2. The quantitative estimate of drug-likeness (QED) is 0.420. The van der Waals surface area contributed by atoms with Crippen LogP contribution in [0.3, 0.4) is 0 Å². The van der Waals surface area contributed by atoms with Gasteiger partial charge in [0.05, 0.1) is 16.8 Å². The molecule has 34 heavy (non-hydrogen) atoms. The third kappa shape index (κ3) is 3.35. The summed E-state index contributed by atoms with van der Waals surface area (Å²) in [6.45, 7) is 4.72. The van der Waals surface area contributed by atoms with E-state index in [-0.39, 0.29) is 5.91 Å². The van der Waals surface area contributed by atoms with Crippen LogP contribution in [0, 0.1) is 6.92 Å². The minimum atomic E-state index is -0.453. The zero-order valence-electron chi connectivity index (χ0n) is 19.4. The Morgan fingerprint density at radius 3 is 2.29 bits per heavy atom. The normalized spacial score (nSPS) is 17.3. The van der Waals surface area contributed by atoms with Gasteiger partial charge < -0.3 is 4.57 Å². The maximum absolute atomic E-state index is 14.1. The van der Waals surface area contributed by atoms with E-state index in [2.05, 4.69) is 69.9 Å². The van der Waals surface area contributed by atoms with Crippen LogP contribution in [0.15, 0.2) is 91.4 Å². The van der Waals surface area contributed by atoms with Crippen molar-refractivity contribution in [3.05, 3.63) is 108 Å². The summed E-state index contributed by atoms with van der Waals surface area (Å²) < 4.78 is 2.07. The second-order valence-corrected chi connectivity index (χ2v) is 9.39. The van der Waals surface area contributed by atoms with Crippen molar-refractivity contribution in [1.82, 2.24) is 14.5 Å². The van der Waals surface area contributed by atoms with E-state index in [0.717, 1.165) is 55.2 Å². The van der Waals surface area contributed by atoms with Crippen LogP contribution in [0.25, 0.3) is 5.69 Å². The number of likely N-dealkylation sites (tertiary alicyclic amines) is 1. The highest BCUT2D eigenvalue weighted by Crippen LogP contribution is 2.50. The minimum Gasteiger partial charge on any atom is -0.324 e. The van der Waals surface area contributed by atoms with Crippen molar-refractivity contribution in [1.29, 1.82) is 0 Å². The Hall–Kier alpha value is -3.70. The third-order valence-corrected chi connectivity index (χ3v) is 7.48. The monoisotopic (exact) mass is 448 g/mol. The fraction of sp³-hybridized carbons (Fsp3) is 0.241. The number of hydrogen-bond acceptors (Lipinski definition) is 3. The van der Waals surface area contributed by atoms with Crippen molar-refractivity contribution < 1.29 is 4.79 Å². The van der Waals surface area contributed by atoms with E-state index in [1.54, 1.807) is 0 Å². The number of amides is 1. The third-order valence-electron chi connectivity index (χ3n) is 7.48. The number of piperidine rings is 1. The molecular formula is C29H28N4O. The maximum Gasteiger partial charge on any atom is 0.242 e. The average Bonchev–Trinajstić information content (AvgIpc) is 3.49. The van der Waals surface area contributed by atoms with Gasteiger partial charge >= 0.3 is 0 Å². The van der Waals surface area contributed by atoms with Gasteiger partial charge in [0, 0.05) is 36.5 Å². The van der Waals surface area contributed by atoms with Gasteiger partial charge in [0.15, 0.2) is 0 Å². The number of anilines is 2. The molecule has 0 radical (unpaired) electrons. The Morgan fingerprint density at radius 1 is 0.853 bits per heavy atom. The first-order valence-electron chi connectivity index (χ1n) is 12.0. The highest BCUT2D eigenvalue weighted by molar-refractivity contribution is 6.13. The molecule has 2 aromatic heterocycles. The molecule has 6 rings (SSSR count). The number of carbonyl (C=O) groups excluding carboxylic acids is 1. The van der Waals surface area contributed by atoms with Crippen LogP contribution in [0.2, 0.25) is 0 Å². The molecule has 0 atom stereocenters. The largest absolute Gasteiger partial charge is 0.324 e. The summed E-state index contributed by atoms with van der Waals surface area (Å²) in [6, 6.07) is 24.7. The lowest BCUT2D eigenvalue weighted by Gasteiger charge is -2.38. The smallest absolute Gasteiger partial charge is 0.242 e. The highest BCUT2D eigenvalue weighted by Gasteiger charge is 2.52. The maximum atomic E-state index is 14.1. The first-order chi connectivity index (χ1) is 16.7. The first-order valence-corrected chi connectivity index (χ1v) is 12.0. The predicted octanol–water partition coefficient (Wildman–Crippen LogP) is 5.39. The van der Waals surface area contributed by atoms with Crippen LogP contribution in [0.4, 0.5) is 11.4 Å². The van der Waals surface area contributed by atoms with Crippen LogP contribution in [0.1, 0.15) is 29.7 Å². The van der Waals surface area contributed by atoms with E-state index >= 15 is 0 Å². The fourth-order valence-electron chi connectivity index (χ4n) is 5.52. The summed E-state index contributed by atoms with van der Waals surface area (Å²) >= 11 is 0. The number of pyridine rings is 1. The Kier molecular flexibility index (Phi) is 5.07. The molecular weight excluding hydrogens is 420 g/mol. The van der Waals surface area contributed by atoms with Gasteiger partial charge in [0.25, 0.3) is 0 Å². The number of nitrogens with zero attached hydrogens (tertiary/aromatic N) is 4. The standard InChI is InChI=1S/C29H28N4O/c1-22-7-6-16-30-26(22)21-31-19-14-29(15-20-31)25-8-2-3-9-27(25)33(28(29)34)24-12-10-23(11-13-24)32-17-4-5-18-32/h2-13,16-18H,14-15,19-21H2,1H3. The molecule has 1 saturated heterocycles. The van der Waals surface area contributed by atoms with Crippen molar-refractivity contribution in [2.75, 3.05) is 18.0 Å². The van der Waals surface area contributed by atoms with Crippen molar-refractivity contribution in [3.63, 3.8) is 0 Å². The first kappa shape index (κ1) is 20.9.